The van der Waals surface area contributed by atoms with Gasteiger partial charge in [-0.2, -0.15) is 0 Å². The van der Waals surface area contributed by atoms with E-state index in [1.54, 1.807) is 12.3 Å². The van der Waals surface area contributed by atoms with Crippen molar-refractivity contribution in [3.63, 3.8) is 0 Å². The van der Waals surface area contributed by atoms with Crippen molar-refractivity contribution < 1.29 is 12.3 Å². The number of piperidine rings is 1. The van der Waals surface area contributed by atoms with Crippen LogP contribution in [0, 0.1) is 11.8 Å². The standard InChI is InChI=1S/C26H32ClN5O2/c1-16-8-17(2)14-32(13-16)26-29-12-21(27)22(30-26)10-19-6-7-23-20(9-19)11-24(18(3)31(23)5)34-15-25(33)28-4/h6-7,9,11-12,16-17H,3,8,10,13-15H2,1-2,4-5H3,(H,28,33)/t16-,17+/i15D2. The number of amides is 1. The number of hydrogen-bond acceptors (Lipinski definition) is 6. The van der Waals surface area contributed by atoms with Crippen LogP contribution in [-0.4, -0.2) is 49.6 Å². The lowest BCUT2D eigenvalue weighted by Gasteiger charge is -2.35. The first-order chi connectivity index (χ1) is 17.0. The highest BCUT2D eigenvalue weighted by Crippen LogP contribution is 2.35. The van der Waals surface area contributed by atoms with Gasteiger partial charge in [0.1, 0.15) is 5.76 Å². The number of rotatable bonds is 6. The molecule has 0 radical (unpaired) electrons. The second kappa shape index (κ2) is 10.1. The number of hydrogen-bond donors (Lipinski definition) is 1. The van der Waals surface area contributed by atoms with Gasteiger partial charge in [-0.3, -0.25) is 4.79 Å². The molecule has 1 fully saturated rings. The summed E-state index contributed by atoms with van der Waals surface area (Å²) < 4.78 is 21.3. The van der Waals surface area contributed by atoms with Gasteiger partial charge in [-0.15, -0.1) is 0 Å². The molecule has 0 unspecified atom stereocenters. The van der Waals surface area contributed by atoms with E-state index < -0.39 is 12.5 Å². The van der Waals surface area contributed by atoms with Crippen molar-refractivity contribution in [2.75, 3.05) is 43.5 Å². The Hall–Kier alpha value is -3.06. The number of likely N-dealkylation sites (N-methyl/N-ethyl adjacent to an activating group) is 2. The first-order valence-electron chi connectivity index (χ1n) is 12.4. The zero-order valence-electron chi connectivity index (χ0n) is 22.1. The van der Waals surface area contributed by atoms with E-state index in [1.807, 2.05) is 30.1 Å². The number of nitrogens with one attached hydrogen (secondary N) is 1. The molecule has 0 saturated carbocycles. The third kappa shape index (κ3) is 5.20. The molecule has 4 rings (SSSR count). The molecule has 0 spiro atoms. The first-order valence-corrected chi connectivity index (χ1v) is 11.8. The van der Waals surface area contributed by atoms with Crippen molar-refractivity contribution in [1.29, 1.82) is 0 Å². The van der Waals surface area contributed by atoms with E-state index in [2.05, 4.69) is 35.6 Å². The Morgan fingerprint density at radius 3 is 2.79 bits per heavy atom. The highest BCUT2D eigenvalue weighted by molar-refractivity contribution is 6.31. The van der Waals surface area contributed by atoms with E-state index in [0.717, 1.165) is 35.6 Å². The third-order valence-corrected chi connectivity index (χ3v) is 6.55. The Kier molecular flexibility index (Phi) is 6.35. The summed E-state index contributed by atoms with van der Waals surface area (Å²) in [6.07, 6.45) is 5.09. The lowest BCUT2D eigenvalue weighted by Crippen LogP contribution is -2.39. The monoisotopic (exact) mass is 483 g/mol. The van der Waals surface area contributed by atoms with Crippen molar-refractivity contribution in [3.8, 4) is 0 Å². The Labute approximate surface area is 209 Å². The fourth-order valence-corrected chi connectivity index (χ4v) is 4.76. The van der Waals surface area contributed by atoms with Crippen LogP contribution in [0.25, 0.3) is 6.08 Å². The Morgan fingerprint density at radius 2 is 2.09 bits per heavy atom. The van der Waals surface area contributed by atoms with Crippen molar-refractivity contribution in [3.05, 3.63) is 64.3 Å². The molecule has 180 valence electrons. The minimum atomic E-state index is -2.53. The van der Waals surface area contributed by atoms with Crippen LogP contribution in [0.2, 0.25) is 5.02 Å². The minimum Gasteiger partial charge on any atom is -0.482 e. The zero-order valence-corrected chi connectivity index (χ0v) is 20.8. The van der Waals surface area contributed by atoms with E-state index in [4.69, 9.17) is 24.1 Å². The lowest BCUT2D eigenvalue weighted by molar-refractivity contribution is -0.123. The number of aromatic nitrogens is 2. The Balaban J connectivity index is 1.61. The molecule has 7 nitrogen and oxygen atoms in total. The van der Waals surface area contributed by atoms with Gasteiger partial charge in [-0.25, -0.2) is 9.97 Å². The first kappa shape index (κ1) is 21.5. The van der Waals surface area contributed by atoms with Gasteiger partial charge in [0.25, 0.3) is 5.91 Å². The summed E-state index contributed by atoms with van der Waals surface area (Å²) in [7, 11) is 3.18. The number of carbonyl (C=O) groups is 1. The number of halogens is 1. The molecule has 1 aromatic heterocycles. The zero-order chi connectivity index (χ0) is 26.2. The molecule has 0 bridgehead atoms. The number of ether oxygens (including phenoxy) is 1. The number of benzene rings is 1. The average Bonchev–Trinajstić information content (AvgIpc) is 2.82. The fraction of sp³-hybridized carbons (Fsp3) is 0.423. The molecule has 2 aliphatic rings. The van der Waals surface area contributed by atoms with Gasteiger partial charge in [0.2, 0.25) is 5.95 Å². The average molecular weight is 484 g/mol. The van der Waals surface area contributed by atoms with Crippen molar-refractivity contribution in [2.24, 2.45) is 11.8 Å². The van der Waals surface area contributed by atoms with Crippen LogP contribution in [0.3, 0.4) is 0 Å². The van der Waals surface area contributed by atoms with Crippen LogP contribution in [-0.2, 0) is 16.0 Å². The Bertz CT molecular complexity index is 1210. The molecule has 8 heteroatoms. The number of carbonyl (C=O) groups excluding carboxylic acids is 1. The van der Waals surface area contributed by atoms with Gasteiger partial charge in [0, 0.05) is 44.9 Å². The molecule has 3 heterocycles. The molecule has 1 N–H and O–H groups in total. The van der Waals surface area contributed by atoms with E-state index in [9.17, 15) is 4.79 Å². The van der Waals surface area contributed by atoms with Crippen molar-refractivity contribution in [1.82, 2.24) is 15.3 Å². The highest BCUT2D eigenvalue weighted by atomic mass is 35.5. The van der Waals surface area contributed by atoms with Gasteiger partial charge < -0.3 is 19.9 Å². The van der Waals surface area contributed by atoms with Crippen LogP contribution in [0.15, 0.2) is 42.4 Å². The minimum absolute atomic E-state index is 0.187. The second-order valence-electron chi connectivity index (χ2n) is 9.18. The number of anilines is 2. The molecular weight excluding hydrogens is 450 g/mol. The van der Waals surface area contributed by atoms with Gasteiger partial charge in [0.15, 0.2) is 6.56 Å². The Morgan fingerprint density at radius 1 is 1.35 bits per heavy atom. The summed E-state index contributed by atoms with van der Waals surface area (Å²) in [5, 5.41) is 2.79. The third-order valence-electron chi connectivity index (χ3n) is 6.24. The molecule has 2 aromatic rings. The van der Waals surface area contributed by atoms with Crippen LogP contribution in [0.5, 0.6) is 0 Å². The normalized spacial score (nSPS) is 21.3. The maximum atomic E-state index is 11.9. The SMILES string of the molecule is [2H]C([2H])(OC1=Cc2cc(Cc3nc(N4C[C@H](C)C[C@H](C)C4)ncc3Cl)ccc2N(C)C1=C)C(=O)NC. The molecule has 1 aromatic carbocycles. The molecular formula is C26H32ClN5O2. The molecule has 1 amide bonds. The van der Waals surface area contributed by atoms with Gasteiger partial charge in [-0.05, 0) is 42.0 Å². The molecule has 2 aliphatic heterocycles. The molecule has 2 atom stereocenters. The van der Waals surface area contributed by atoms with E-state index in [-0.39, 0.29) is 5.76 Å². The van der Waals surface area contributed by atoms with Crippen molar-refractivity contribution >= 4 is 35.2 Å². The van der Waals surface area contributed by atoms with Crippen LogP contribution in [0.1, 0.15) is 39.8 Å². The van der Waals surface area contributed by atoms with Crippen LogP contribution in [0.4, 0.5) is 11.6 Å². The number of fused-ring (bicyclic) bond motifs is 1. The molecule has 0 aliphatic carbocycles. The maximum absolute atomic E-state index is 11.9. The van der Waals surface area contributed by atoms with E-state index in [0.29, 0.717) is 34.9 Å². The topological polar surface area (TPSA) is 70.6 Å². The largest absolute Gasteiger partial charge is 0.482 e. The quantitative estimate of drug-likeness (QED) is 0.661. The summed E-state index contributed by atoms with van der Waals surface area (Å²) >= 11 is 6.49. The summed E-state index contributed by atoms with van der Waals surface area (Å²) in [5.41, 5.74) is 3.89. The van der Waals surface area contributed by atoms with Crippen molar-refractivity contribution in [2.45, 2.75) is 26.7 Å². The number of nitrogens with zero attached hydrogens (tertiary/aromatic N) is 4. The van der Waals surface area contributed by atoms with Crippen LogP contribution < -0.4 is 15.1 Å². The lowest BCUT2D eigenvalue weighted by atomic mass is 9.92. The second-order valence-corrected chi connectivity index (χ2v) is 9.59. The summed E-state index contributed by atoms with van der Waals surface area (Å²) in [4.78, 5) is 25.3. The predicted octanol–water partition coefficient (Wildman–Crippen LogP) is 4.27. The summed E-state index contributed by atoms with van der Waals surface area (Å²) in [5.74, 6) is 1.19. The molecule has 1 saturated heterocycles. The summed E-state index contributed by atoms with van der Waals surface area (Å²) in [6.45, 7) is 7.84. The summed E-state index contributed by atoms with van der Waals surface area (Å²) in [6, 6.07) is 5.97. The predicted molar refractivity (Wildman–Crippen MR) is 137 cm³/mol. The maximum Gasteiger partial charge on any atom is 0.257 e. The smallest absolute Gasteiger partial charge is 0.257 e. The fourth-order valence-electron chi connectivity index (χ4n) is 4.60. The van der Waals surface area contributed by atoms with E-state index >= 15 is 0 Å². The molecule has 34 heavy (non-hydrogen) atoms. The van der Waals surface area contributed by atoms with Crippen LogP contribution >= 0.6 is 11.6 Å². The van der Waals surface area contributed by atoms with Gasteiger partial charge in [0.05, 0.1) is 25.4 Å². The highest BCUT2D eigenvalue weighted by Gasteiger charge is 2.25. The van der Waals surface area contributed by atoms with Gasteiger partial charge >= 0.3 is 0 Å². The van der Waals surface area contributed by atoms with E-state index in [1.165, 1.54) is 13.5 Å². The van der Waals surface area contributed by atoms with Gasteiger partial charge in [-0.1, -0.05) is 38.1 Å².